The fourth-order valence-corrected chi connectivity index (χ4v) is 2.52. The van der Waals surface area contributed by atoms with Gasteiger partial charge in [0.2, 0.25) is 0 Å². The van der Waals surface area contributed by atoms with Crippen molar-refractivity contribution in [1.29, 1.82) is 0 Å². The van der Waals surface area contributed by atoms with Crippen molar-refractivity contribution >= 4 is 11.2 Å². The van der Waals surface area contributed by atoms with E-state index >= 15 is 0 Å². The highest BCUT2D eigenvalue weighted by molar-refractivity contribution is 5.67. The third kappa shape index (κ3) is 1.99. The first-order valence-electron chi connectivity index (χ1n) is 5.89. The van der Waals surface area contributed by atoms with Gasteiger partial charge < -0.3 is 20.3 Å². The van der Waals surface area contributed by atoms with Crippen LogP contribution in [-0.4, -0.2) is 59.1 Å². The number of hydrogen-bond donors (Lipinski definition) is 4. The van der Waals surface area contributed by atoms with Crippen molar-refractivity contribution < 1.29 is 15.3 Å². The molecule has 4 atom stereocenters. The molecule has 0 aromatic carbocycles. The number of nitrogens with one attached hydrogen (secondary N) is 1. The number of aromatic amines is 1. The van der Waals surface area contributed by atoms with Gasteiger partial charge in [-0.1, -0.05) is 12.6 Å². The highest BCUT2D eigenvalue weighted by Crippen LogP contribution is 2.35. The highest BCUT2D eigenvalue weighted by Gasteiger charge is 2.43. The first kappa shape index (κ1) is 14.6. The van der Waals surface area contributed by atoms with E-state index < -0.39 is 29.7 Å². The van der Waals surface area contributed by atoms with E-state index in [2.05, 4.69) is 20.3 Å². The zero-order valence-corrected chi connectivity index (χ0v) is 9.84. The standard InChI is InChI=1S/C10H13N5O4.CH4/c16-2-4-1-5(8(18)7(4)17)15-9-6(13-14-15)10(19)12-3-11-9;/h3-5,7-8,16-18H,1-2H2,(H,11,12,19);1H4/t4-,5-,7-,8+;/m1./s1. The summed E-state index contributed by atoms with van der Waals surface area (Å²) in [5.41, 5.74) is -0.0850. The van der Waals surface area contributed by atoms with E-state index in [-0.39, 0.29) is 25.2 Å². The molecule has 0 amide bonds. The first-order chi connectivity index (χ1) is 9.13. The van der Waals surface area contributed by atoms with Gasteiger partial charge in [-0.2, -0.15) is 0 Å². The lowest BCUT2D eigenvalue weighted by molar-refractivity contribution is -0.00511. The predicted octanol–water partition coefficient (Wildman–Crippen LogP) is -1.57. The van der Waals surface area contributed by atoms with Crippen LogP contribution in [0.1, 0.15) is 19.9 Å². The second-order valence-electron chi connectivity index (χ2n) is 4.66. The van der Waals surface area contributed by atoms with E-state index in [4.69, 9.17) is 5.11 Å². The Labute approximate surface area is 113 Å². The van der Waals surface area contributed by atoms with Gasteiger partial charge in [0, 0.05) is 12.5 Å². The molecule has 0 saturated heterocycles. The minimum Gasteiger partial charge on any atom is -0.396 e. The minimum absolute atomic E-state index is 0. The minimum atomic E-state index is -1.08. The molecule has 1 saturated carbocycles. The fraction of sp³-hybridized carbons (Fsp3) is 0.636. The molecule has 0 radical (unpaired) electrons. The monoisotopic (exact) mass is 283 g/mol. The molecule has 0 aliphatic heterocycles. The second-order valence-corrected chi connectivity index (χ2v) is 4.66. The van der Waals surface area contributed by atoms with Gasteiger partial charge in [0.15, 0.2) is 11.2 Å². The van der Waals surface area contributed by atoms with Crippen LogP contribution in [0.2, 0.25) is 0 Å². The van der Waals surface area contributed by atoms with Crippen LogP contribution in [0, 0.1) is 5.92 Å². The number of aromatic nitrogens is 5. The Morgan fingerprint density at radius 1 is 1.40 bits per heavy atom. The molecule has 110 valence electrons. The summed E-state index contributed by atoms with van der Waals surface area (Å²) in [6.45, 7) is -0.227. The molecule has 3 rings (SSSR count). The van der Waals surface area contributed by atoms with Crippen molar-refractivity contribution in [1.82, 2.24) is 25.0 Å². The van der Waals surface area contributed by atoms with Crippen LogP contribution in [0.25, 0.3) is 11.2 Å². The molecular formula is C11H17N5O4. The van der Waals surface area contributed by atoms with Crippen LogP contribution in [0.4, 0.5) is 0 Å². The van der Waals surface area contributed by atoms with E-state index in [0.29, 0.717) is 6.42 Å². The Hall–Kier alpha value is -1.84. The second kappa shape index (κ2) is 5.27. The molecule has 2 aromatic rings. The Kier molecular flexibility index (Phi) is 3.84. The van der Waals surface area contributed by atoms with Gasteiger partial charge in [0.25, 0.3) is 5.56 Å². The van der Waals surface area contributed by atoms with Crippen LogP contribution >= 0.6 is 0 Å². The maximum atomic E-state index is 11.5. The summed E-state index contributed by atoms with van der Waals surface area (Å²) in [6.07, 6.45) is -0.545. The smallest absolute Gasteiger partial charge is 0.280 e. The number of nitrogens with zero attached hydrogens (tertiary/aromatic N) is 4. The zero-order valence-electron chi connectivity index (χ0n) is 9.84. The van der Waals surface area contributed by atoms with Crippen molar-refractivity contribution in [3.8, 4) is 0 Å². The average molecular weight is 283 g/mol. The molecule has 0 spiro atoms. The van der Waals surface area contributed by atoms with Gasteiger partial charge in [-0.15, -0.1) is 5.10 Å². The van der Waals surface area contributed by atoms with Crippen molar-refractivity contribution in [3.63, 3.8) is 0 Å². The third-order valence-electron chi connectivity index (χ3n) is 3.59. The Morgan fingerprint density at radius 3 is 2.80 bits per heavy atom. The molecule has 9 heteroatoms. The summed E-state index contributed by atoms with van der Waals surface area (Å²) in [7, 11) is 0. The van der Waals surface area contributed by atoms with Crippen molar-refractivity contribution in [2.75, 3.05) is 6.61 Å². The molecular weight excluding hydrogens is 266 g/mol. The Bertz CT molecular complexity index is 654. The molecule has 9 nitrogen and oxygen atoms in total. The third-order valence-corrected chi connectivity index (χ3v) is 3.59. The van der Waals surface area contributed by atoms with E-state index in [1.54, 1.807) is 0 Å². The molecule has 2 heterocycles. The number of fused-ring (bicyclic) bond motifs is 1. The van der Waals surface area contributed by atoms with Crippen LogP contribution in [0.5, 0.6) is 0 Å². The van der Waals surface area contributed by atoms with Gasteiger partial charge in [0.05, 0.1) is 18.5 Å². The molecule has 1 fully saturated rings. The summed E-state index contributed by atoms with van der Waals surface area (Å²) < 4.78 is 1.33. The molecule has 1 aliphatic rings. The number of aliphatic hydroxyl groups is 3. The summed E-state index contributed by atoms with van der Waals surface area (Å²) in [6, 6.07) is -0.563. The molecule has 2 aromatic heterocycles. The van der Waals surface area contributed by atoms with E-state index in [9.17, 15) is 15.0 Å². The maximum Gasteiger partial charge on any atom is 0.280 e. The SMILES string of the molecule is C.O=c1[nH]cnc2c1nnn2[C@@H]1C[C@H](CO)[C@@H](O)[C@H]1O. The quantitative estimate of drug-likeness (QED) is 0.522. The maximum absolute atomic E-state index is 11.5. The first-order valence-corrected chi connectivity index (χ1v) is 5.89. The summed E-state index contributed by atoms with van der Waals surface area (Å²) in [5.74, 6) is -0.429. The summed E-state index contributed by atoms with van der Waals surface area (Å²) >= 11 is 0. The molecule has 4 N–H and O–H groups in total. The van der Waals surface area contributed by atoms with Crippen molar-refractivity contribution in [2.24, 2.45) is 5.92 Å². The van der Waals surface area contributed by atoms with E-state index in [0.717, 1.165) is 0 Å². The number of rotatable bonds is 2. The van der Waals surface area contributed by atoms with Crippen LogP contribution in [0.3, 0.4) is 0 Å². The Morgan fingerprint density at radius 2 is 2.15 bits per heavy atom. The summed E-state index contributed by atoms with van der Waals surface area (Å²) in [4.78, 5) is 17.9. The zero-order chi connectivity index (χ0) is 13.6. The molecule has 0 unspecified atom stereocenters. The normalized spacial score (nSPS) is 29.6. The van der Waals surface area contributed by atoms with E-state index in [1.807, 2.05) is 0 Å². The van der Waals surface area contributed by atoms with Crippen molar-refractivity contribution in [3.05, 3.63) is 16.7 Å². The lowest BCUT2D eigenvalue weighted by atomic mass is 10.1. The van der Waals surface area contributed by atoms with Gasteiger partial charge in [-0.05, 0) is 6.42 Å². The fourth-order valence-electron chi connectivity index (χ4n) is 2.52. The Balaban J connectivity index is 0.00000147. The van der Waals surface area contributed by atoms with Crippen LogP contribution in [-0.2, 0) is 0 Å². The van der Waals surface area contributed by atoms with Gasteiger partial charge in [-0.3, -0.25) is 4.79 Å². The molecule has 0 bridgehead atoms. The molecule has 20 heavy (non-hydrogen) atoms. The van der Waals surface area contributed by atoms with Crippen LogP contribution in [0.15, 0.2) is 11.1 Å². The number of hydrogen-bond acceptors (Lipinski definition) is 7. The van der Waals surface area contributed by atoms with E-state index in [1.165, 1.54) is 11.0 Å². The van der Waals surface area contributed by atoms with Crippen LogP contribution < -0.4 is 5.56 Å². The van der Waals surface area contributed by atoms with Gasteiger partial charge >= 0.3 is 0 Å². The topological polar surface area (TPSA) is 137 Å². The molecule has 1 aliphatic carbocycles. The average Bonchev–Trinajstić information content (AvgIpc) is 2.94. The largest absolute Gasteiger partial charge is 0.396 e. The lowest BCUT2D eigenvalue weighted by Crippen LogP contribution is -2.30. The number of H-pyrrole nitrogens is 1. The highest BCUT2D eigenvalue weighted by atomic mass is 16.3. The predicted molar refractivity (Wildman–Crippen MR) is 68.9 cm³/mol. The lowest BCUT2D eigenvalue weighted by Gasteiger charge is -2.16. The van der Waals surface area contributed by atoms with Gasteiger partial charge in [-0.25, -0.2) is 9.67 Å². The van der Waals surface area contributed by atoms with Crippen molar-refractivity contribution in [2.45, 2.75) is 32.1 Å². The number of aliphatic hydroxyl groups excluding tert-OH is 3. The van der Waals surface area contributed by atoms with Gasteiger partial charge in [0.1, 0.15) is 6.10 Å². The summed E-state index contributed by atoms with van der Waals surface area (Å²) in [5, 5.41) is 36.5.